The largest absolute Gasteiger partial charge is 0.445 e. The molecule has 2 heterocycles. The first-order valence-electron chi connectivity index (χ1n) is 12.8. The molecule has 2 aromatic carbocycles. The molecular formula is C27H37N3O6S. The van der Waals surface area contributed by atoms with Crippen molar-refractivity contribution in [3.05, 3.63) is 60.2 Å². The lowest BCUT2D eigenvalue weighted by Gasteiger charge is -2.36. The van der Waals surface area contributed by atoms with Gasteiger partial charge in [0.1, 0.15) is 6.61 Å². The van der Waals surface area contributed by atoms with Crippen molar-refractivity contribution >= 4 is 21.8 Å². The average Bonchev–Trinajstić information content (AvgIpc) is 2.94. The lowest BCUT2D eigenvalue weighted by atomic mass is 9.95. The van der Waals surface area contributed by atoms with Crippen molar-refractivity contribution in [2.45, 2.75) is 49.5 Å². The van der Waals surface area contributed by atoms with Crippen molar-refractivity contribution in [1.29, 1.82) is 0 Å². The smallest absolute Gasteiger partial charge is 0.407 e. The van der Waals surface area contributed by atoms with Crippen LogP contribution in [0.1, 0.15) is 31.2 Å². The minimum Gasteiger partial charge on any atom is -0.445 e. The summed E-state index contributed by atoms with van der Waals surface area (Å²) in [5.74, 6) is 0.323. The maximum Gasteiger partial charge on any atom is 0.407 e. The zero-order chi connectivity index (χ0) is 26.3. The van der Waals surface area contributed by atoms with Gasteiger partial charge in [0, 0.05) is 58.0 Å². The van der Waals surface area contributed by atoms with E-state index in [1.807, 2.05) is 36.4 Å². The second-order valence-electron chi connectivity index (χ2n) is 9.55. The fourth-order valence-corrected chi connectivity index (χ4v) is 6.58. The summed E-state index contributed by atoms with van der Waals surface area (Å²) in [5, 5.41) is 2.87. The number of nitrogens with one attached hydrogen (secondary N) is 1. The number of alkyl carbamates (subject to hydrolysis) is 1. The molecular weight excluding hydrogens is 494 g/mol. The highest BCUT2D eigenvalue weighted by molar-refractivity contribution is 7.89. The third-order valence-corrected chi connectivity index (χ3v) is 9.09. The molecule has 9 nitrogen and oxygen atoms in total. The Kier molecular flexibility index (Phi) is 9.42. The van der Waals surface area contributed by atoms with Gasteiger partial charge in [0.05, 0.1) is 4.90 Å². The molecule has 2 fully saturated rings. The summed E-state index contributed by atoms with van der Waals surface area (Å²) in [4.78, 5) is 14.7. The van der Waals surface area contributed by atoms with E-state index in [1.54, 1.807) is 32.4 Å². The molecule has 37 heavy (non-hydrogen) atoms. The van der Waals surface area contributed by atoms with Gasteiger partial charge in [-0.05, 0) is 49.4 Å². The second kappa shape index (κ2) is 12.7. The van der Waals surface area contributed by atoms with Crippen molar-refractivity contribution in [2.75, 3.05) is 45.3 Å². The Hall–Kier alpha value is -2.66. The molecule has 0 aliphatic carbocycles. The number of benzene rings is 2. The fourth-order valence-electron chi connectivity index (χ4n) is 5.07. The normalized spacial score (nSPS) is 18.2. The van der Waals surface area contributed by atoms with Gasteiger partial charge >= 0.3 is 6.09 Å². The molecule has 0 bridgehead atoms. The fraction of sp³-hybridized carbons (Fsp3) is 0.519. The third kappa shape index (κ3) is 7.01. The lowest BCUT2D eigenvalue weighted by Crippen LogP contribution is -2.46. The number of hydrogen-bond donors (Lipinski definition) is 1. The molecule has 0 saturated carbocycles. The molecule has 2 aromatic rings. The van der Waals surface area contributed by atoms with E-state index >= 15 is 0 Å². The van der Waals surface area contributed by atoms with Crippen LogP contribution in [0.15, 0.2) is 59.5 Å². The van der Waals surface area contributed by atoms with Gasteiger partial charge in [0.15, 0.2) is 6.29 Å². The van der Waals surface area contributed by atoms with Crippen molar-refractivity contribution < 1.29 is 27.4 Å². The van der Waals surface area contributed by atoms with E-state index in [1.165, 1.54) is 4.31 Å². The number of methoxy groups -OCH3 is 2. The molecule has 2 aliphatic heterocycles. The molecule has 0 radical (unpaired) electrons. The number of ether oxygens (including phenoxy) is 3. The van der Waals surface area contributed by atoms with Crippen LogP contribution in [0.3, 0.4) is 0 Å². The predicted molar refractivity (Wildman–Crippen MR) is 141 cm³/mol. The van der Waals surface area contributed by atoms with Crippen LogP contribution in [0.5, 0.6) is 0 Å². The van der Waals surface area contributed by atoms with Crippen LogP contribution in [-0.2, 0) is 30.8 Å². The van der Waals surface area contributed by atoms with E-state index in [9.17, 15) is 13.2 Å². The Morgan fingerprint density at radius 2 is 1.62 bits per heavy atom. The van der Waals surface area contributed by atoms with Crippen LogP contribution in [0.25, 0.3) is 0 Å². The zero-order valence-electron chi connectivity index (χ0n) is 21.5. The first kappa shape index (κ1) is 27.4. The molecule has 0 spiro atoms. The minimum atomic E-state index is -3.63. The maximum absolute atomic E-state index is 13.4. The number of piperidine rings is 2. The maximum atomic E-state index is 13.4. The molecule has 1 N–H and O–H groups in total. The van der Waals surface area contributed by atoms with Crippen molar-refractivity contribution in [2.24, 2.45) is 5.92 Å². The van der Waals surface area contributed by atoms with E-state index in [0.717, 1.165) is 37.2 Å². The monoisotopic (exact) mass is 531 g/mol. The summed E-state index contributed by atoms with van der Waals surface area (Å²) in [7, 11) is -0.314. The van der Waals surface area contributed by atoms with E-state index in [-0.39, 0.29) is 18.9 Å². The van der Waals surface area contributed by atoms with Gasteiger partial charge < -0.3 is 24.4 Å². The Balaban J connectivity index is 1.29. The second-order valence-corrected chi connectivity index (χ2v) is 11.5. The Morgan fingerprint density at radius 1 is 0.946 bits per heavy atom. The van der Waals surface area contributed by atoms with Crippen LogP contribution in [0.2, 0.25) is 0 Å². The molecule has 0 unspecified atom stereocenters. The summed E-state index contributed by atoms with van der Waals surface area (Å²) < 4.78 is 44.4. The van der Waals surface area contributed by atoms with Crippen molar-refractivity contribution in [1.82, 2.24) is 9.62 Å². The summed E-state index contributed by atoms with van der Waals surface area (Å²) in [5.41, 5.74) is 1.82. The van der Waals surface area contributed by atoms with Gasteiger partial charge in [-0.3, -0.25) is 0 Å². The van der Waals surface area contributed by atoms with E-state index in [0.29, 0.717) is 36.7 Å². The van der Waals surface area contributed by atoms with Crippen LogP contribution in [-0.4, -0.2) is 71.5 Å². The molecule has 2 saturated heterocycles. The van der Waals surface area contributed by atoms with Crippen molar-refractivity contribution in [3.63, 3.8) is 0 Å². The molecule has 10 heteroatoms. The number of amides is 1. The molecule has 0 aromatic heterocycles. The highest BCUT2D eigenvalue weighted by atomic mass is 32.2. The first-order chi connectivity index (χ1) is 17.9. The summed E-state index contributed by atoms with van der Waals surface area (Å²) >= 11 is 0. The highest BCUT2D eigenvalue weighted by Crippen LogP contribution is 2.29. The zero-order valence-corrected chi connectivity index (χ0v) is 22.4. The number of hydrogen-bond acceptors (Lipinski definition) is 7. The van der Waals surface area contributed by atoms with Crippen LogP contribution in [0.4, 0.5) is 10.5 Å². The van der Waals surface area contributed by atoms with E-state index in [2.05, 4.69) is 10.2 Å². The number of sulfonamides is 1. The topological polar surface area (TPSA) is 97.4 Å². The minimum absolute atomic E-state index is 0.120. The number of carbonyl (C=O) groups excluding carboxylic acids is 1. The molecule has 0 atom stereocenters. The van der Waals surface area contributed by atoms with Gasteiger partial charge in [-0.25, -0.2) is 13.2 Å². The van der Waals surface area contributed by atoms with Gasteiger partial charge in [0.2, 0.25) is 10.0 Å². The summed E-state index contributed by atoms with van der Waals surface area (Å²) in [6, 6.07) is 16.6. The highest BCUT2D eigenvalue weighted by Gasteiger charge is 2.31. The van der Waals surface area contributed by atoms with E-state index in [4.69, 9.17) is 14.2 Å². The predicted octanol–water partition coefficient (Wildman–Crippen LogP) is 3.60. The Morgan fingerprint density at radius 3 is 2.27 bits per heavy atom. The third-order valence-electron chi connectivity index (χ3n) is 7.20. The number of carbonyl (C=O) groups is 1. The van der Waals surface area contributed by atoms with Crippen LogP contribution in [0, 0.1) is 5.92 Å². The van der Waals surface area contributed by atoms with Gasteiger partial charge in [-0.1, -0.05) is 36.4 Å². The molecule has 4 rings (SSSR count). The Labute approximate surface area is 219 Å². The summed E-state index contributed by atoms with van der Waals surface area (Å²) in [6.07, 6.45) is 2.20. The van der Waals surface area contributed by atoms with Crippen molar-refractivity contribution in [3.8, 4) is 0 Å². The molecule has 202 valence electrons. The standard InChI is InChI=1S/C27H37N3O6S/c1-34-26(35-2)22-11-15-29(16-12-22)24-9-6-10-25(19-24)37(32,33)30-17-13-23(14-18-30)28-27(31)36-20-21-7-4-3-5-8-21/h3-10,19,22-23,26H,11-18,20H2,1-2H3,(H,28,31). The van der Waals surface area contributed by atoms with Gasteiger partial charge in [-0.15, -0.1) is 0 Å². The number of nitrogens with zero attached hydrogens (tertiary/aromatic N) is 2. The lowest BCUT2D eigenvalue weighted by molar-refractivity contribution is -0.141. The number of rotatable bonds is 9. The average molecular weight is 532 g/mol. The first-order valence-corrected chi connectivity index (χ1v) is 14.2. The quantitative estimate of drug-likeness (QED) is 0.494. The van der Waals surface area contributed by atoms with Crippen LogP contribution >= 0.6 is 0 Å². The van der Waals surface area contributed by atoms with Gasteiger partial charge in [-0.2, -0.15) is 4.31 Å². The van der Waals surface area contributed by atoms with Gasteiger partial charge in [0.25, 0.3) is 0 Å². The molecule has 1 amide bonds. The Bertz CT molecular complexity index is 1110. The van der Waals surface area contributed by atoms with Crippen LogP contribution < -0.4 is 10.2 Å². The molecule has 2 aliphatic rings. The number of anilines is 1. The summed E-state index contributed by atoms with van der Waals surface area (Å²) in [6.45, 7) is 2.52. The SMILES string of the molecule is COC(OC)C1CCN(c2cccc(S(=O)(=O)N3CCC(NC(=O)OCc4ccccc4)CC3)c2)CC1. The van der Waals surface area contributed by atoms with E-state index < -0.39 is 16.1 Å².